The summed E-state index contributed by atoms with van der Waals surface area (Å²) >= 11 is 5.44. The Labute approximate surface area is 164 Å². The topological polar surface area (TPSA) is 31.4 Å². The fraction of sp³-hybridized carbons (Fsp3) is 0.0952. The lowest BCUT2D eigenvalue weighted by molar-refractivity contribution is 0.413. The van der Waals surface area contributed by atoms with Crippen molar-refractivity contribution in [2.75, 3.05) is 14.2 Å². The molecule has 0 aliphatic carbocycles. The molecule has 0 saturated heterocycles. The lowest BCUT2D eigenvalue weighted by Crippen LogP contribution is -1.92. The minimum absolute atomic E-state index is 0.794. The molecule has 4 rings (SSSR count). The summed E-state index contributed by atoms with van der Waals surface area (Å²) in [6, 6.07) is 20.3. The molecule has 26 heavy (non-hydrogen) atoms. The zero-order chi connectivity index (χ0) is 18.1. The van der Waals surface area contributed by atoms with Gasteiger partial charge in [-0.05, 0) is 52.3 Å². The van der Waals surface area contributed by atoms with Crippen LogP contribution in [0.2, 0.25) is 0 Å². The second-order valence-corrected chi connectivity index (χ2v) is 7.59. The Morgan fingerprint density at radius 3 is 2.42 bits per heavy atom. The Kier molecular flexibility index (Phi) is 4.74. The third-order valence-corrected chi connectivity index (χ3v) is 6.11. The lowest BCUT2D eigenvalue weighted by Gasteiger charge is -2.14. The molecule has 4 aromatic rings. The molecule has 0 atom stereocenters. The third-order valence-electron chi connectivity index (χ3n) is 4.19. The van der Waals surface area contributed by atoms with Gasteiger partial charge in [0.25, 0.3) is 0 Å². The number of ether oxygens (including phenoxy) is 2. The maximum absolute atomic E-state index is 5.50. The van der Waals surface area contributed by atoms with Gasteiger partial charge >= 0.3 is 0 Å². The van der Waals surface area contributed by atoms with Crippen LogP contribution in [0.1, 0.15) is 0 Å². The van der Waals surface area contributed by atoms with Crippen molar-refractivity contribution in [2.45, 2.75) is 9.79 Å². The smallest absolute Gasteiger partial charge is 0.133 e. The zero-order valence-electron chi connectivity index (χ0n) is 14.3. The highest BCUT2D eigenvalue weighted by Gasteiger charge is 2.16. The molecule has 3 nitrogen and oxygen atoms in total. The number of aromatic nitrogens is 1. The maximum Gasteiger partial charge on any atom is 0.133 e. The van der Waals surface area contributed by atoms with E-state index < -0.39 is 0 Å². The number of benzene rings is 3. The Morgan fingerprint density at radius 2 is 1.69 bits per heavy atom. The summed E-state index contributed by atoms with van der Waals surface area (Å²) in [4.78, 5) is 7.16. The highest BCUT2D eigenvalue weighted by atomic mass is 79.9. The Balaban J connectivity index is 2.06. The summed E-state index contributed by atoms with van der Waals surface area (Å²) in [5.74, 6) is 1.59. The number of hydrogen-bond donors (Lipinski definition) is 0. The van der Waals surface area contributed by atoms with E-state index in [9.17, 15) is 0 Å². The van der Waals surface area contributed by atoms with E-state index in [1.54, 1.807) is 26.0 Å². The van der Waals surface area contributed by atoms with Gasteiger partial charge in [-0.25, -0.2) is 4.98 Å². The summed E-state index contributed by atoms with van der Waals surface area (Å²) in [6.07, 6.45) is 0. The maximum atomic E-state index is 5.50. The summed E-state index contributed by atoms with van der Waals surface area (Å²) in [6.45, 7) is 0. The van der Waals surface area contributed by atoms with Gasteiger partial charge in [-0.3, -0.25) is 0 Å². The molecule has 3 aromatic carbocycles. The van der Waals surface area contributed by atoms with Crippen molar-refractivity contribution in [3.05, 3.63) is 65.1 Å². The monoisotopic (exact) mass is 425 g/mol. The fourth-order valence-electron chi connectivity index (χ4n) is 2.91. The van der Waals surface area contributed by atoms with Crippen molar-refractivity contribution >= 4 is 49.5 Å². The van der Waals surface area contributed by atoms with E-state index in [0.29, 0.717) is 0 Å². The first-order chi connectivity index (χ1) is 12.7. The van der Waals surface area contributed by atoms with Crippen molar-refractivity contribution in [1.82, 2.24) is 4.98 Å². The van der Waals surface area contributed by atoms with Crippen LogP contribution in [0.4, 0.5) is 0 Å². The minimum Gasteiger partial charge on any atom is -0.497 e. The van der Waals surface area contributed by atoms with Crippen molar-refractivity contribution in [3.8, 4) is 11.5 Å². The normalized spacial score (nSPS) is 11.0. The van der Waals surface area contributed by atoms with Gasteiger partial charge in [0, 0.05) is 26.6 Å². The molecule has 1 aromatic heterocycles. The van der Waals surface area contributed by atoms with Gasteiger partial charge in [0.2, 0.25) is 0 Å². The van der Waals surface area contributed by atoms with E-state index >= 15 is 0 Å². The molecule has 0 radical (unpaired) electrons. The van der Waals surface area contributed by atoms with Gasteiger partial charge in [0.05, 0.1) is 29.7 Å². The first-order valence-corrected chi connectivity index (χ1v) is 9.69. The molecule has 0 saturated carbocycles. The largest absolute Gasteiger partial charge is 0.497 e. The number of pyridine rings is 1. The van der Waals surface area contributed by atoms with Crippen LogP contribution in [0, 0.1) is 0 Å². The predicted octanol–water partition coefficient (Wildman–Crippen LogP) is 6.32. The van der Waals surface area contributed by atoms with Crippen LogP contribution in [0.25, 0.3) is 21.8 Å². The van der Waals surface area contributed by atoms with Crippen molar-refractivity contribution in [1.29, 1.82) is 0 Å². The molecular weight excluding hydrogens is 410 g/mol. The minimum atomic E-state index is 0.794. The zero-order valence-corrected chi connectivity index (χ0v) is 16.7. The lowest BCUT2D eigenvalue weighted by atomic mass is 10.1. The number of halogens is 1. The molecule has 0 aliphatic heterocycles. The van der Waals surface area contributed by atoms with E-state index in [2.05, 4.69) is 34.1 Å². The fourth-order valence-corrected chi connectivity index (χ4v) is 4.86. The van der Waals surface area contributed by atoms with Gasteiger partial charge in [-0.15, -0.1) is 0 Å². The van der Waals surface area contributed by atoms with Crippen LogP contribution in [-0.4, -0.2) is 19.2 Å². The van der Waals surface area contributed by atoms with E-state index in [1.807, 2.05) is 42.5 Å². The summed E-state index contributed by atoms with van der Waals surface area (Å²) in [7, 11) is 3.35. The van der Waals surface area contributed by atoms with E-state index in [1.165, 1.54) is 4.90 Å². The van der Waals surface area contributed by atoms with Crippen molar-refractivity contribution in [3.63, 3.8) is 0 Å². The molecule has 0 N–H and O–H groups in total. The number of hydrogen-bond acceptors (Lipinski definition) is 4. The molecule has 0 fully saturated rings. The van der Waals surface area contributed by atoms with E-state index in [0.717, 1.165) is 42.7 Å². The van der Waals surface area contributed by atoms with Crippen LogP contribution in [0.3, 0.4) is 0 Å². The van der Waals surface area contributed by atoms with E-state index in [4.69, 9.17) is 14.5 Å². The summed E-state index contributed by atoms with van der Waals surface area (Å²) in [5.41, 5.74) is 1.82. The van der Waals surface area contributed by atoms with Crippen LogP contribution < -0.4 is 9.47 Å². The van der Waals surface area contributed by atoms with Gasteiger partial charge in [0.1, 0.15) is 11.5 Å². The van der Waals surface area contributed by atoms with Gasteiger partial charge in [-0.1, -0.05) is 30.0 Å². The standard InChI is InChI=1S/C21H16BrNO2S/c1-24-13-8-9-15-17(12-13)23-16-10-11-18(25-2)20(22)19(16)21(15)26-14-6-4-3-5-7-14/h3-12H,1-2H3. The summed E-state index contributed by atoms with van der Waals surface area (Å²) < 4.78 is 11.8. The third kappa shape index (κ3) is 3.02. The highest BCUT2D eigenvalue weighted by molar-refractivity contribution is 9.10. The number of nitrogens with zero attached hydrogens (tertiary/aromatic N) is 1. The Morgan fingerprint density at radius 1 is 0.885 bits per heavy atom. The summed E-state index contributed by atoms with van der Waals surface area (Å²) in [5, 5.41) is 2.14. The molecule has 0 bridgehead atoms. The van der Waals surface area contributed by atoms with Crippen LogP contribution in [0.5, 0.6) is 11.5 Å². The first kappa shape index (κ1) is 17.2. The number of methoxy groups -OCH3 is 2. The van der Waals surface area contributed by atoms with Gasteiger partial charge in [-0.2, -0.15) is 0 Å². The Hall–Kier alpha value is -2.24. The Bertz CT molecular complexity index is 1100. The average Bonchev–Trinajstić information content (AvgIpc) is 2.68. The second-order valence-electron chi connectivity index (χ2n) is 5.72. The van der Waals surface area contributed by atoms with Crippen LogP contribution >= 0.6 is 27.7 Å². The molecule has 130 valence electrons. The van der Waals surface area contributed by atoms with Gasteiger partial charge in [0.15, 0.2) is 0 Å². The molecule has 0 amide bonds. The first-order valence-electron chi connectivity index (χ1n) is 8.08. The number of rotatable bonds is 4. The quantitative estimate of drug-likeness (QED) is 0.358. The van der Waals surface area contributed by atoms with Crippen molar-refractivity contribution < 1.29 is 9.47 Å². The highest BCUT2D eigenvalue weighted by Crippen LogP contribution is 2.44. The molecule has 0 unspecified atom stereocenters. The van der Waals surface area contributed by atoms with Gasteiger partial charge < -0.3 is 9.47 Å². The SMILES string of the molecule is COc1ccc2c(Sc3ccccc3)c3c(Br)c(OC)ccc3nc2c1. The molecule has 0 spiro atoms. The van der Waals surface area contributed by atoms with Crippen LogP contribution in [-0.2, 0) is 0 Å². The predicted molar refractivity (Wildman–Crippen MR) is 111 cm³/mol. The van der Waals surface area contributed by atoms with Crippen molar-refractivity contribution in [2.24, 2.45) is 0 Å². The second kappa shape index (κ2) is 7.17. The molecular formula is C21H16BrNO2S. The van der Waals surface area contributed by atoms with E-state index in [-0.39, 0.29) is 0 Å². The average molecular weight is 426 g/mol. The van der Waals surface area contributed by atoms with Crippen LogP contribution in [0.15, 0.2) is 74.9 Å². The molecule has 1 heterocycles. The number of fused-ring (bicyclic) bond motifs is 2. The molecule has 5 heteroatoms. The molecule has 0 aliphatic rings.